The monoisotopic (exact) mass is 570 g/mol. The zero-order valence-corrected chi connectivity index (χ0v) is 18.1. The first kappa shape index (κ1) is 26.7. The van der Waals surface area contributed by atoms with Crippen LogP contribution < -0.4 is 10.1 Å². The number of rotatable bonds is 3. The number of hydrogen-bond donors (Lipinski definition) is 1. The zero-order valence-electron chi connectivity index (χ0n) is 18.1. The molecular weight excluding hydrogens is 566 g/mol. The summed E-state index contributed by atoms with van der Waals surface area (Å²) in [4.78, 5) is 0. The van der Waals surface area contributed by atoms with Crippen LogP contribution in [0.5, 0.6) is 5.75 Å². The molecule has 0 heterocycles. The van der Waals surface area contributed by atoms with Crippen LogP contribution in [-0.2, 0) is 5.92 Å². The number of fused-ring (bicyclic) bond motifs is 4. The Morgan fingerprint density at radius 1 is 0.590 bits per heavy atom. The van der Waals surface area contributed by atoms with Gasteiger partial charge in [0.25, 0.3) is 0 Å². The molecule has 1 aliphatic carbocycles. The molecule has 0 saturated heterocycles. The molecule has 0 unspecified atom stereocenters. The summed E-state index contributed by atoms with van der Waals surface area (Å²) in [5.41, 5.74) is -11.0. The molecule has 0 fully saturated rings. The molecule has 1 aliphatic rings. The number of halogens is 13. The van der Waals surface area contributed by atoms with Crippen molar-refractivity contribution in [3.8, 4) is 16.9 Å². The molecule has 39 heavy (non-hydrogen) atoms. The average molecular weight is 570 g/mol. The molecule has 0 aromatic heterocycles. The van der Waals surface area contributed by atoms with Crippen molar-refractivity contribution in [3.05, 3.63) is 93.3 Å². The summed E-state index contributed by atoms with van der Waals surface area (Å²) in [5, 5.41) is 8.12. The highest BCUT2D eigenvalue weighted by molar-refractivity contribution is 6.62. The molecule has 0 amide bonds. The molecular formula is C23H4BF13O2. The maximum absolute atomic E-state index is 15.3. The maximum Gasteiger partial charge on any atom is 0.563 e. The van der Waals surface area contributed by atoms with Crippen molar-refractivity contribution in [1.29, 1.82) is 0 Å². The van der Waals surface area contributed by atoms with Crippen LogP contribution in [0.1, 0.15) is 11.1 Å². The molecule has 2 nitrogen and oxygen atoms in total. The van der Waals surface area contributed by atoms with Crippen LogP contribution in [0.25, 0.3) is 21.9 Å². The normalized spacial score (nSPS) is 13.6. The molecule has 0 saturated carbocycles. The smallest absolute Gasteiger partial charge is 0.530 e. The Balaban J connectivity index is 1.81. The van der Waals surface area contributed by atoms with Gasteiger partial charge in [-0.05, 0) is 6.07 Å². The summed E-state index contributed by atoms with van der Waals surface area (Å²) in [6.07, 6.45) is 0. The van der Waals surface area contributed by atoms with Crippen LogP contribution in [-0.4, -0.2) is 12.1 Å². The van der Waals surface area contributed by atoms with Gasteiger partial charge in [0.2, 0.25) is 5.82 Å². The molecule has 0 bridgehead atoms. The topological polar surface area (TPSA) is 29.5 Å². The highest BCUT2D eigenvalue weighted by atomic mass is 19.3. The third kappa shape index (κ3) is 3.36. The van der Waals surface area contributed by atoms with E-state index in [1.807, 2.05) is 0 Å². The van der Waals surface area contributed by atoms with E-state index in [-0.39, 0.29) is 0 Å². The van der Waals surface area contributed by atoms with Crippen molar-refractivity contribution in [2.45, 2.75) is 5.92 Å². The predicted molar refractivity (Wildman–Crippen MR) is 107 cm³/mol. The van der Waals surface area contributed by atoms with E-state index in [0.717, 1.165) is 6.07 Å². The van der Waals surface area contributed by atoms with Crippen molar-refractivity contribution >= 4 is 23.4 Å². The first-order valence-electron chi connectivity index (χ1n) is 10.2. The first-order valence-corrected chi connectivity index (χ1v) is 10.2. The van der Waals surface area contributed by atoms with Crippen LogP contribution in [0.4, 0.5) is 57.1 Å². The summed E-state index contributed by atoms with van der Waals surface area (Å²) in [6.45, 7) is 0. The Hall–Kier alpha value is -3.95. The SMILES string of the molecule is OB(Oc1c(F)c(F)c(F)c2c(F)cccc12)c1c(F)c(F)c(F)c2c1C(F)(F)c1c(F)c(F)c(F)c(F)c1-2. The van der Waals surface area contributed by atoms with Crippen molar-refractivity contribution in [2.75, 3.05) is 0 Å². The second-order valence-electron chi connectivity index (χ2n) is 8.09. The summed E-state index contributed by atoms with van der Waals surface area (Å²) in [6, 6.07) is 2.05. The largest absolute Gasteiger partial charge is 0.563 e. The Bertz CT molecular complexity index is 1760. The molecule has 16 heteroatoms. The number of alkyl halides is 2. The Labute approximate surface area is 207 Å². The maximum atomic E-state index is 15.3. The van der Waals surface area contributed by atoms with E-state index in [4.69, 9.17) is 0 Å². The van der Waals surface area contributed by atoms with Crippen LogP contribution in [0.2, 0.25) is 0 Å². The van der Waals surface area contributed by atoms with Crippen LogP contribution in [0.3, 0.4) is 0 Å². The second kappa shape index (κ2) is 8.53. The minimum Gasteiger partial charge on any atom is -0.530 e. The quantitative estimate of drug-likeness (QED) is 0.137. The van der Waals surface area contributed by atoms with Crippen molar-refractivity contribution in [3.63, 3.8) is 0 Å². The van der Waals surface area contributed by atoms with E-state index in [1.165, 1.54) is 0 Å². The molecule has 5 rings (SSSR count). The summed E-state index contributed by atoms with van der Waals surface area (Å²) in [5.74, 6) is -34.2. The molecule has 0 spiro atoms. The van der Waals surface area contributed by atoms with Gasteiger partial charge in [0.1, 0.15) is 11.6 Å². The minimum absolute atomic E-state index is 0.573. The lowest BCUT2D eigenvalue weighted by Gasteiger charge is -2.21. The Morgan fingerprint density at radius 2 is 1.10 bits per heavy atom. The highest BCUT2D eigenvalue weighted by Crippen LogP contribution is 2.54. The van der Waals surface area contributed by atoms with Gasteiger partial charge >= 0.3 is 13.0 Å². The fraction of sp³-hybridized carbons (Fsp3) is 0.0435. The summed E-state index contributed by atoms with van der Waals surface area (Å²) in [7, 11) is -3.43. The average Bonchev–Trinajstić information content (AvgIpc) is 3.13. The Morgan fingerprint density at radius 3 is 1.72 bits per heavy atom. The van der Waals surface area contributed by atoms with Gasteiger partial charge in [-0.25, -0.2) is 43.9 Å². The summed E-state index contributed by atoms with van der Waals surface area (Å²) >= 11 is 0. The van der Waals surface area contributed by atoms with E-state index < -0.39 is 121 Å². The second-order valence-corrected chi connectivity index (χ2v) is 8.09. The lowest BCUT2D eigenvalue weighted by Crippen LogP contribution is -2.45. The van der Waals surface area contributed by atoms with Crippen LogP contribution >= 0.6 is 0 Å². The lowest BCUT2D eigenvalue weighted by atomic mass is 9.73. The van der Waals surface area contributed by atoms with Gasteiger partial charge in [0, 0.05) is 27.5 Å². The van der Waals surface area contributed by atoms with Gasteiger partial charge in [0.05, 0.1) is 10.9 Å². The summed E-state index contributed by atoms with van der Waals surface area (Å²) < 4.78 is 192. The fourth-order valence-electron chi connectivity index (χ4n) is 4.40. The predicted octanol–water partition coefficient (Wildman–Crippen LogP) is 6.26. The van der Waals surface area contributed by atoms with Crippen LogP contribution in [0, 0.1) is 64.0 Å². The van der Waals surface area contributed by atoms with Gasteiger partial charge in [0.15, 0.2) is 52.4 Å². The van der Waals surface area contributed by atoms with Crippen molar-refractivity contribution in [2.24, 2.45) is 0 Å². The van der Waals surface area contributed by atoms with Gasteiger partial charge in [-0.2, -0.15) is 13.2 Å². The molecule has 0 aliphatic heterocycles. The van der Waals surface area contributed by atoms with Gasteiger partial charge in [-0.1, -0.05) is 12.1 Å². The highest BCUT2D eigenvalue weighted by Gasteiger charge is 2.56. The van der Waals surface area contributed by atoms with Crippen molar-refractivity contribution in [1.82, 2.24) is 0 Å². The van der Waals surface area contributed by atoms with Gasteiger partial charge in [-0.3, -0.25) is 0 Å². The van der Waals surface area contributed by atoms with Gasteiger partial charge < -0.3 is 9.68 Å². The standard InChI is InChI=1S/C23H4BF13O2/c25-5-3-1-2-4-6(5)12(26)19(33)21(35)22(4)39-24(38)11-9-7(13(27)17(31)16(11)30)8-10(23(9,36)37)15(29)20(34)18(32)14(8)28/h1-3,38H. The van der Waals surface area contributed by atoms with E-state index in [2.05, 4.69) is 4.65 Å². The van der Waals surface area contributed by atoms with E-state index in [0.29, 0.717) is 12.1 Å². The minimum atomic E-state index is -5.22. The van der Waals surface area contributed by atoms with E-state index >= 15 is 8.78 Å². The molecule has 1 N–H and O–H groups in total. The number of hydrogen-bond acceptors (Lipinski definition) is 2. The van der Waals surface area contributed by atoms with E-state index in [1.54, 1.807) is 0 Å². The van der Waals surface area contributed by atoms with E-state index in [9.17, 15) is 53.3 Å². The van der Waals surface area contributed by atoms with Crippen LogP contribution in [0.15, 0.2) is 18.2 Å². The van der Waals surface area contributed by atoms with Gasteiger partial charge in [-0.15, -0.1) is 0 Å². The molecule has 4 aromatic carbocycles. The fourth-order valence-corrected chi connectivity index (χ4v) is 4.40. The third-order valence-electron chi connectivity index (χ3n) is 6.04. The Kier molecular flexibility index (Phi) is 5.83. The first-order chi connectivity index (χ1) is 18.1. The molecule has 4 aromatic rings. The molecule has 0 radical (unpaired) electrons. The molecule has 202 valence electrons. The lowest BCUT2D eigenvalue weighted by molar-refractivity contribution is 0.0432. The van der Waals surface area contributed by atoms with Crippen molar-refractivity contribution < 1.29 is 66.8 Å². The number of benzene rings is 4. The third-order valence-corrected chi connectivity index (χ3v) is 6.04. The zero-order chi connectivity index (χ0) is 28.9. The molecule has 0 atom stereocenters.